The minimum absolute atomic E-state index is 0.0916. The third kappa shape index (κ3) is 3.40. The van der Waals surface area contributed by atoms with Crippen molar-refractivity contribution in [1.82, 2.24) is 20.0 Å². The zero-order valence-electron chi connectivity index (χ0n) is 15.0. The second-order valence-corrected chi connectivity index (χ2v) is 6.87. The lowest BCUT2D eigenvalue weighted by molar-refractivity contribution is 0.0728. The molecule has 0 saturated heterocycles. The van der Waals surface area contributed by atoms with Crippen LogP contribution in [0.5, 0.6) is 5.75 Å². The van der Waals surface area contributed by atoms with Gasteiger partial charge in [-0.15, -0.1) is 0 Å². The minimum Gasteiger partial charge on any atom is -0.497 e. The monoisotopic (exact) mass is 382 g/mol. The lowest BCUT2D eigenvalue weighted by Crippen LogP contribution is -2.35. The molecule has 138 valence electrons. The fourth-order valence-electron chi connectivity index (χ4n) is 3.09. The largest absolute Gasteiger partial charge is 0.497 e. The highest BCUT2D eigenvalue weighted by molar-refractivity contribution is 7.98. The van der Waals surface area contributed by atoms with Gasteiger partial charge in [0.05, 0.1) is 19.2 Å². The van der Waals surface area contributed by atoms with Crippen molar-refractivity contribution in [2.24, 2.45) is 0 Å². The van der Waals surface area contributed by atoms with Crippen molar-refractivity contribution in [3.05, 3.63) is 53.5 Å². The Morgan fingerprint density at radius 1 is 1.30 bits per heavy atom. The molecule has 3 heterocycles. The second kappa shape index (κ2) is 7.40. The maximum Gasteiger partial charge on any atom is 0.257 e. The van der Waals surface area contributed by atoms with Crippen LogP contribution in [0.1, 0.15) is 21.7 Å². The van der Waals surface area contributed by atoms with Crippen molar-refractivity contribution in [3.8, 4) is 17.0 Å². The highest BCUT2D eigenvalue weighted by Crippen LogP contribution is 2.32. The third-order valence-corrected chi connectivity index (χ3v) is 5.09. The Morgan fingerprint density at radius 3 is 2.85 bits per heavy atom. The number of thioether (sulfide) groups is 1. The highest BCUT2D eigenvalue weighted by atomic mass is 32.2. The zero-order chi connectivity index (χ0) is 18.8. The van der Waals surface area contributed by atoms with Crippen molar-refractivity contribution in [2.45, 2.75) is 18.1 Å². The van der Waals surface area contributed by atoms with Gasteiger partial charge < -0.3 is 14.2 Å². The average molecular weight is 382 g/mol. The number of rotatable bonds is 4. The first-order chi connectivity index (χ1) is 13.2. The molecule has 0 fully saturated rings. The van der Waals surface area contributed by atoms with E-state index in [0.717, 1.165) is 28.3 Å². The third-order valence-electron chi connectivity index (χ3n) is 4.52. The van der Waals surface area contributed by atoms with Gasteiger partial charge in [-0.05, 0) is 18.4 Å². The molecule has 1 aromatic carbocycles. The molecule has 0 spiro atoms. The van der Waals surface area contributed by atoms with Gasteiger partial charge in [0, 0.05) is 36.5 Å². The summed E-state index contributed by atoms with van der Waals surface area (Å²) in [5.74, 6) is 1.48. The van der Waals surface area contributed by atoms with Gasteiger partial charge in [0.15, 0.2) is 5.16 Å². The number of aromatic nitrogens is 3. The normalized spacial score (nSPS) is 13.3. The first-order valence-corrected chi connectivity index (χ1v) is 9.69. The number of carbonyl (C=O) groups excluding carboxylic acids is 1. The number of methoxy groups -OCH3 is 1. The fourth-order valence-corrected chi connectivity index (χ4v) is 3.41. The summed E-state index contributed by atoms with van der Waals surface area (Å²) in [7, 11) is 1.63. The molecule has 1 aliphatic rings. The first kappa shape index (κ1) is 17.5. The number of carbonyl (C=O) groups is 1. The van der Waals surface area contributed by atoms with E-state index >= 15 is 0 Å². The number of hydrogen-bond acceptors (Lipinski definition) is 7. The predicted molar refractivity (Wildman–Crippen MR) is 101 cm³/mol. The summed E-state index contributed by atoms with van der Waals surface area (Å²) in [5, 5.41) is 4.88. The number of fused-ring (bicyclic) bond motifs is 1. The van der Waals surface area contributed by atoms with E-state index in [2.05, 4.69) is 15.1 Å². The molecule has 0 saturated carbocycles. The summed E-state index contributed by atoms with van der Waals surface area (Å²) in [6, 6.07) is 7.65. The number of benzene rings is 1. The van der Waals surface area contributed by atoms with E-state index in [1.807, 2.05) is 30.5 Å². The lowest BCUT2D eigenvalue weighted by Gasteiger charge is -2.26. The molecule has 0 bridgehead atoms. The molecule has 3 aromatic rings. The van der Waals surface area contributed by atoms with Crippen LogP contribution in [0.15, 0.2) is 46.3 Å². The van der Waals surface area contributed by atoms with Crippen LogP contribution < -0.4 is 4.74 Å². The molecule has 8 heteroatoms. The zero-order valence-corrected chi connectivity index (χ0v) is 15.8. The number of hydrogen-bond donors (Lipinski definition) is 0. The van der Waals surface area contributed by atoms with E-state index in [1.54, 1.807) is 24.4 Å². The quantitative estimate of drug-likeness (QED) is 0.507. The van der Waals surface area contributed by atoms with Crippen molar-refractivity contribution in [1.29, 1.82) is 0 Å². The molecule has 0 N–H and O–H groups in total. The fraction of sp³-hybridized carbons (Fsp3) is 0.263. The van der Waals surface area contributed by atoms with Crippen molar-refractivity contribution < 1.29 is 14.1 Å². The molecule has 1 amide bonds. The molecule has 0 unspecified atom stereocenters. The van der Waals surface area contributed by atoms with Crippen LogP contribution in [0.3, 0.4) is 0 Å². The topological polar surface area (TPSA) is 81.4 Å². The number of nitrogens with zero attached hydrogens (tertiary/aromatic N) is 4. The van der Waals surface area contributed by atoms with E-state index in [-0.39, 0.29) is 5.91 Å². The Kier molecular flexibility index (Phi) is 4.81. The standard InChI is InChI=1S/C19H18N4O3S/c1-25-14-5-3-4-12(8-14)17-15-11-23(7-6-16(15)26-22-17)18(24)13-9-20-19(27-2)21-10-13/h3-5,8-10H,6-7,11H2,1-2H3. The van der Waals surface area contributed by atoms with Crippen LogP contribution in [-0.4, -0.2) is 45.8 Å². The summed E-state index contributed by atoms with van der Waals surface area (Å²) >= 11 is 1.44. The summed E-state index contributed by atoms with van der Waals surface area (Å²) in [4.78, 5) is 23.0. The lowest BCUT2D eigenvalue weighted by atomic mass is 10.0. The summed E-state index contributed by atoms with van der Waals surface area (Å²) in [6.45, 7) is 1.01. The highest BCUT2D eigenvalue weighted by Gasteiger charge is 2.28. The van der Waals surface area contributed by atoms with Crippen LogP contribution in [-0.2, 0) is 13.0 Å². The Morgan fingerprint density at radius 2 is 2.11 bits per heavy atom. The summed E-state index contributed by atoms with van der Waals surface area (Å²) in [6.07, 6.45) is 5.68. The molecule has 2 aromatic heterocycles. The molecular weight excluding hydrogens is 364 g/mol. The molecule has 27 heavy (non-hydrogen) atoms. The molecule has 4 rings (SSSR count). The summed E-state index contributed by atoms with van der Waals surface area (Å²) < 4.78 is 10.8. The molecule has 1 aliphatic heterocycles. The van der Waals surface area contributed by atoms with Crippen molar-refractivity contribution in [2.75, 3.05) is 19.9 Å². The van der Waals surface area contributed by atoms with E-state index < -0.39 is 0 Å². The first-order valence-electron chi connectivity index (χ1n) is 8.46. The predicted octanol–water partition coefficient (Wildman–Crippen LogP) is 3.06. The van der Waals surface area contributed by atoms with Gasteiger partial charge in [-0.25, -0.2) is 9.97 Å². The van der Waals surface area contributed by atoms with Gasteiger partial charge in [0.25, 0.3) is 5.91 Å². The second-order valence-electron chi connectivity index (χ2n) is 6.10. The van der Waals surface area contributed by atoms with Crippen LogP contribution in [0.4, 0.5) is 0 Å². The van der Waals surface area contributed by atoms with Gasteiger partial charge >= 0.3 is 0 Å². The Bertz CT molecular complexity index is 971. The van der Waals surface area contributed by atoms with Crippen LogP contribution in [0, 0.1) is 0 Å². The Labute approximate surface area is 160 Å². The molecule has 7 nitrogen and oxygen atoms in total. The van der Waals surface area contributed by atoms with Gasteiger partial charge in [-0.3, -0.25) is 4.79 Å². The van der Waals surface area contributed by atoms with Gasteiger partial charge in [-0.1, -0.05) is 29.1 Å². The minimum atomic E-state index is -0.0916. The van der Waals surface area contributed by atoms with E-state index in [0.29, 0.717) is 30.2 Å². The van der Waals surface area contributed by atoms with Crippen LogP contribution >= 0.6 is 11.8 Å². The average Bonchev–Trinajstić information content (AvgIpc) is 3.16. The van der Waals surface area contributed by atoms with Gasteiger partial charge in [0.1, 0.15) is 17.2 Å². The van der Waals surface area contributed by atoms with Crippen molar-refractivity contribution >= 4 is 17.7 Å². The van der Waals surface area contributed by atoms with Gasteiger partial charge in [0.2, 0.25) is 0 Å². The number of ether oxygens (including phenoxy) is 1. The molecule has 0 radical (unpaired) electrons. The van der Waals surface area contributed by atoms with Crippen LogP contribution in [0.2, 0.25) is 0 Å². The Balaban J connectivity index is 1.60. The summed E-state index contributed by atoms with van der Waals surface area (Å²) in [5.41, 5.74) is 3.07. The molecule has 0 atom stereocenters. The maximum atomic E-state index is 12.8. The number of amides is 1. The van der Waals surface area contributed by atoms with E-state index in [4.69, 9.17) is 9.26 Å². The van der Waals surface area contributed by atoms with E-state index in [9.17, 15) is 4.79 Å². The van der Waals surface area contributed by atoms with E-state index in [1.165, 1.54) is 11.8 Å². The maximum absolute atomic E-state index is 12.8. The van der Waals surface area contributed by atoms with Crippen molar-refractivity contribution in [3.63, 3.8) is 0 Å². The van der Waals surface area contributed by atoms with Crippen LogP contribution in [0.25, 0.3) is 11.3 Å². The smallest absolute Gasteiger partial charge is 0.257 e. The Hall–Kier alpha value is -2.87. The molecular formula is C19H18N4O3S. The van der Waals surface area contributed by atoms with Gasteiger partial charge in [-0.2, -0.15) is 0 Å². The molecule has 0 aliphatic carbocycles. The SMILES string of the molecule is COc1cccc(-c2noc3c2CN(C(=O)c2cnc(SC)nc2)CC3)c1.